The van der Waals surface area contributed by atoms with Crippen LogP contribution in [-0.2, 0) is 31.2 Å². The minimum absolute atomic E-state index is 0.00866. The van der Waals surface area contributed by atoms with Crippen molar-refractivity contribution in [1.82, 2.24) is 19.3 Å². The zero-order valence-corrected chi connectivity index (χ0v) is 23.3. The van der Waals surface area contributed by atoms with Gasteiger partial charge in [0.25, 0.3) is 0 Å². The van der Waals surface area contributed by atoms with Crippen LogP contribution in [0.3, 0.4) is 0 Å². The predicted octanol–water partition coefficient (Wildman–Crippen LogP) is 0.266. The summed E-state index contributed by atoms with van der Waals surface area (Å²) in [5.41, 5.74) is 0.425. The van der Waals surface area contributed by atoms with Crippen LogP contribution in [0, 0.1) is 0 Å². The summed E-state index contributed by atoms with van der Waals surface area (Å²) in [6, 6.07) is 7.76. The molecule has 3 aliphatic rings. The molecule has 4 heterocycles. The number of hydrogen-bond acceptors (Lipinski definition) is 10. The van der Waals surface area contributed by atoms with Gasteiger partial charge in [-0.2, -0.15) is 4.31 Å². The van der Waals surface area contributed by atoms with Crippen molar-refractivity contribution in [2.45, 2.75) is 53.2 Å². The molecule has 1 unspecified atom stereocenters. The van der Waals surface area contributed by atoms with Crippen molar-refractivity contribution in [2.24, 2.45) is 0 Å². The Morgan fingerprint density at radius 3 is 2.77 bits per heavy atom. The van der Waals surface area contributed by atoms with Gasteiger partial charge in [0, 0.05) is 43.7 Å². The summed E-state index contributed by atoms with van der Waals surface area (Å²) in [7, 11) is -5.89. The van der Waals surface area contributed by atoms with Gasteiger partial charge >= 0.3 is 0 Å². The molecule has 0 aliphatic carbocycles. The molecule has 0 bridgehead atoms. The number of aromatic nitrogens is 1. The summed E-state index contributed by atoms with van der Waals surface area (Å²) >= 11 is 0. The normalized spacial score (nSPS) is 21.9. The standard InChI is InChI=1S/C25H34N4O8S2/c1-26-38(31,32)22-4-2-3-21(12-22)36-17-20(30)14-27-19-13-25(37-16-19)6-8-29(9-7-25)39(33,34)23-11-18-5-10-35-24(18)28-15-23/h2-4,11-12,15,19-20,26-27,30H,5-10,13-14,16-17H2,1H3/t19-,20?/m1/s1. The average Bonchev–Trinajstić information content (AvgIpc) is 3.58. The Balaban J connectivity index is 1.08. The molecule has 1 aromatic carbocycles. The number of fused-ring (bicyclic) bond motifs is 1. The lowest BCUT2D eigenvalue weighted by molar-refractivity contribution is -0.0312. The molecular formula is C25H34N4O8S2. The molecule has 0 radical (unpaired) electrons. The molecule has 2 atom stereocenters. The van der Waals surface area contributed by atoms with Crippen molar-refractivity contribution in [3.63, 3.8) is 0 Å². The average molecular weight is 583 g/mol. The molecule has 0 saturated carbocycles. The Hall–Kier alpha value is -2.33. The maximum Gasteiger partial charge on any atom is 0.244 e. The second kappa shape index (κ2) is 11.3. The number of sulfonamides is 2. The van der Waals surface area contributed by atoms with E-state index in [0.29, 0.717) is 57.2 Å². The number of aliphatic hydroxyl groups excluding tert-OH is 1. The molecule has 2 fully saturated rings. The maximum atomic E-state index is 13.2. The van der Waals surface area contributed by atoms with E-state index in [0.717, 1.165) is 12.0 Å². The third-order valence-electron chi connectivity index (χ3n) is 7.46. The maximum absolute atomic E-state index is 13.2. The first-order valence-electron chi connectivity index (χ1n) is 12.9. The zero-order chi connectivity index (χ0) is 27.7. The topological polar surface area (TPSA) is 156 Å². The second-order valence-corrected chi connectivity index (χ2v) is 13.9. The zero-order valence-electron chi connectivity index (χ0n) is 21.7. The number of nitrogens with one attached hydrogen (secondary N) is 2. The monoisotopic (exact) mass is 582 g/mol. The van der Waals surface area contributed by atoms with Crippen molar-refractivity contribution in [2.75, 3.05) is 46.5 Å². The van der Waals surface area contributed by atoms with Gasteiger partial charge in [-0.15, -0.1) is 0 Å². The molecule has 2 aromatic rings. The largest absolute Gasteiger partial charge is 0.491 e. The number of rotatable bonds is 10. The van der Waals surface area contributed by atoms with Crippen LogP contribution in [0.5, 0.6) is 11.6 Å². The molecule has 214 valence electrons. The minimum atomic E-state index is -3.65. The number of benzene rings is 1. The van der Waals surface area contributed by atoms with Crippen LogP contribution >= 0.6 is 0 Å². The van der Waals surface area contributed by atoms with Gasteiger partial charge in [-0.3, -0.25) is 0 Å². The van der Waals surface area contributed by atoms with Gasteiger partial charge in [0.1, 0.15) is 23.4 Å². The van der Waals surface area contributed by atoms with E-state index in [9.17, 15) is 21.9 Å². The minimum Gasteiger partial charge on any atom is -0.491 e. The summed E-state index contributed by atoms with van der Waals surface area (Å²) in [5.74, 6) is 0.856. The van der Waals surface area contributed by atoms with Gasteiger partial charge in [0.05, 0.1) is 29.9 Å². The third-order valence-corrected chi connectivity index (χ3v) is 10.7. The quantitative estimate of drug-likeness (QED) is 0.355. The number of piperidine rings is 1. The fraction of sp³-hybridized carbons (Fsp3) is 0.560. The van der Waals surface area contributed by atoms with E-state index >= 15 is 0 Å². The molecule has 2 saturated heterocycles. The molecule has 3 N–H and O–H groups in total. The van der Waals surface area contributed by atoms with Crippen LogP contribution in [0.25, 0.3) is 0 Å². The Labute approximate surface area is 228 Å². The highest BCUT2D eigenvalue weighted by Crippen LogP contribution is 2.37. The van der Waals surface area contributed by atoms with E-state index in [-0.39, 0.29) is 29.0 Å². The van der Waals surface area contributed by atoms with Gasteiger partial charge in [-0.1, -0.05) is 6.07 Å². The molecule has 39 heavy (non-hydrogen) atoms. The first-order valence-corrected chi connectivity index (χ1v) is 15.9. The molecule has 1 spiro atoms. The van der Waals surface area contributed by atoms with Crippen LogP contribution in [0.4, 0.5) is 0 Å². The molecule has 0 amide bonds. The Kier molecular flexibility index (Phi) is 8.15. The van der Waals surface area contributed by atoms with E-state index < -0.39 is 31.8 Å². The first-order chi connectivity index (χ1) is 18.6. The van der Waals surface area contributed by atoms with E-state index in [1.807, 2.05) is 0 Å². The van der Waals surface area contributed by atoms with E-state index in [1.165, 1.54) is 29.7 Å². The third kappa shape index (κ3) is 6.21. The Bertz CT molecular complexity index is 1390. The van der Waals surface area contributed by atoms with Gasteiger partial charge in [0.2, 0.25) is 25.9 Å². The number of ether oxygens (including phenoxy) is 3. The summed E-state index contributed by atoms with van der Waals surface area (Å²) in [4.78, 5) is 4.45. The van der Waals surface area contributed by atoms with Crippen LogP contribution in [0.2, 0.25) is 0 Å². The first kappa shape index (κ1) is 28.2. The van der Waals surface area contributed by atoms with Crippen LogP contribution in [0.1, 0.15) is 24.8 Å². The Morgan fingerprint density at radius 1 is 1.21 bits per heavy atom. The smallest absolute Gasteiger partial charge is 0.244 e. The summed E-state index contributed by atoms with van der Waals surface area (Å²) < 4.78 is 71.2. The van der Waals surface area contributed by atoms with Crippen molar-refractivity contribution >= 4 is 20.0 Å². The molecule has 14 heteroatoms. The van der Waals surface area contributed by atoms with Crippen LogP contribution in [0.15, 0.2) is 46.3 Å². The second-order valence-electron chi connectivity index (χ2n) is 10.1. The summed E-state index contributed by atoms with van der Waals surface area (Å²) in [6.45, 7) is 1.98. The highest BCUT2D eigenvalue weighted by atomic mass is 32.2. The van der Waals surface area contributed by atoms with Crippen molar-refractivity contribution in [3.8, 4) is 11.6 Å². The lowest BCUT2D eigenvalue weighted by Gasteiger charge is -2.38. The summed E-state index contributed by atoms with van der Waals surface area (Å²) in [5, 5.41) is 13.7. The van der Waals surface area contributed by atoms with Crippen molar-refractivity contribution in [3.05, 3.63) is 42.1 Å². The number of nitrogens with zero attached hydrogens (tertiary/aromatic N) is 2. The van der Waals surface area contributed by atoms with Gasteiger partial charge < -0.3 is 24.6 Å². The van der Waals surface area contributed by atoms with Gasteiger partial charge in [0.15, 0.2) is 0 Å². The molecule has 3 aliphatic heterocycles. The summed E-state index contributed by atoms with van der Waals surface area (Å²) in [6.07, 6.45) is 3.10. The lowest BCUT2D eigenvalue weighted by Crippen LogP contribution is -2.47. The van der Waals surface area contributed by atoms with E-state index in [4.69, 9.17) is 14.2 Å². The highest BCUT2D eigenvalue weighted by molar-refractivity contribution is 7.89. The molecule has 1 aromatic heterocycles. The Morgan fingerprint density at radius 2 is 2.00 bits per heavy atom. The lowest BCUT2D eigenvalue weighted by atomic mass is 9.88. The van der Waals surface area contributed by atoms with E-state index in [1.54, 1.807) is 18.2 Å². The number of aliphatic hydroxyl groups is 1. The highest BCUT2D eigenvalue weighted by Gasteiger charge is 2.45. The predicted molar refractivity (Wildman–Crippen MR) is 141 cm³/mol. The molecular weight excluding hydrogens is 548 g/mol. The van der Waals surface area contributed by atoms with Gasteiger partial charge in [-0.25, -0.2) is 26.5 Å². The van der Waals surface area contributed by atoms with Crippen LogP contribution in [-0.4, -0.2) is 95.5 Å². The van der Waals surface area contributed by atoms with Gasteiger partial charge in [-0.05, 0) is 44.5 Å². The van der Waals surface area contributed by atoms with E-state index in [2.05, 4.69) is 15.0 Å². The molecule has 12 nitrogen and oxygen atoms in total. The fourth-order valence-electron chi connectivity index (χ4n) is 5.19. The van der Waals surface area contributed by atoms with Crippen molar-refractivity contribution in [1.29, 1.82) is 0 Å². The fourth-order valence-corrected chi connectivity index (χ4v) is 7.40. The number of pyridine rings is 1. The SMILES string of the molecule is CNS(=O)(=O)c1cccc(OCC(O)CN[C@H]2COC3(CCN(S(=O)(=O)c4cnc5c(c4)CCO5)CC3)C2)c1. The number of hydrogen-bond donors (Lipinski definition) is 3. The van der Waals surface area contributed by atoms with Crippen molar-refractivity contribution < 1.29 is 36.2 Å². The van der Waals surface area contributed by atoms with Crippen LogP contribution < -0.4 is 19.5 Å². The molecule has 5 rings (SSSR count).